The smallest absolute Gasteiger partial charge is 0.125 e. The molecular formula is C37H28FN3. The van der Waals surface area contributed by atoms with Gasteiger partial charge in [-0.3, -0.25) is 0 Å². The molecule has 0 atom stereocenters. The maximum absolute atomic E-state index is 14.6. The van der Waals surface area contributed by atoms with Crippen LogP contribution in [0.15, 0.2) is 139 Å². The monoisotopic (exact) mass is 533 g/mol. The lowest BCUT2D eigenvalue weighted by atomic mass is 9.94. The van der Waals surface area contributed by atoms with Crippen LogP contribution in [0.5, 0.6) is 0 Å². The highest BCUT2D eigenvalue weighted by Crippen LogP contribution is 2.43. The Labute approximate surface area is 239 Å². The molecule has 0 spiro atoms. The normalized spacial score (nSPS) is 13.2. The number of rotatable bonds is 7. The van der Waals surface area contributed by atoms with E-state index in [0.717, 1.165) is 61.1 Å². The topological polar surface area (TPSA) is 40.8 Å². The van der Waals surface area contributed by atoms with Gasteiger partial charge in [-0.1, -0.05) is 97.6 Å². The summed E-state index contributed by atoms with van der Waals surface area (Å²) in [4.78, 5) is 0. The van der Waals surface area contributed by atoms with Gasteiger partial charge in [-0.25, -0.2) is 4.39 Å². The largest absolute Gasteiger partial charge is 0.354 e. The minimum absolute atomic E-state index is 0.281. The van der Waals surface area contributed by atoms with Crippen LogP contribution in [0.3, 0.4) is 0 Å². The third-order valence-electron chi connectivity index (χ3n) is 7.38. The van der Waals surface area contributed by atoms with Crippen LogP contribution in [-0.4, -0.2) is 4.57 Å². The SMILES string of the molecule is C=C(/C=C\C=C/C)c1cccc(-c2cccc3c4ccc(F)cc4n(-c4ccccc4)c23)c1NC1=CCC=C1C#N. The van der Waals surface area contributed by atoms with Crippen molar-refractivity contribution < 1.29 is 4.39 Å². The molecule has 0 unspecified atom stereocenters. The van der Waals surface area contributed by atoms with Crippen LogP contribution in [0.4, 0.5) is 10.1 Å². The van der Waals surface area contributed by atoms with Crippen LogP contribution in [0.25, 0.3) is 44.2 Å². The second-order valence-corrected chi connectivity index (χ2v) is 9.88. The Balaban J connectivity index is 1.67. The van der Waals surface area contributed by atoms with Gasteiger partial charge in [0.1, 0.15) is 11.9 Å². The highest BCUT2D eigenvalue weighted by atomic mass is 19.1. The fraction of sp³-hybridized carbons (Fsp3) is 0.0541. The zero-order valence-electron chi connectivity index (χ0n) is 22.7. The minimum Gasteiger partial charge on any atom is -0.354 e. The minimum atomic E-state index is -0.281. The molecule has 41 heavy (non-hydrogen) atoms. The third kappa shape index (κ3) is 4.68. The van der Waals surface area contributed by atoms with Crippen molar-refractivity contribution in [1.29, 1.82) is 5.26 Å². The van der Waals surface area contributed by atoms with Gasteiger partial charge >= 0.3 is 0 Å². The number of benzene rings is 4. The lowest BCUT2D eigenvalue weighted by molar-refractivity contribution is 0.629. The van der Waals surface area contributed by atoms with Gasteiger partial charge in [0, 0.05) is 33.2 Å². The fourth-order valence-corrected chi connectivity index (χ4v) is 5.53. The van der Waals surface area contributed by atoms with Crippen molar-refractivity contribution in [3.8, 4) is 22.9 Å². The van der Waals surface area contributed by atoms with E-state index in [4.69, 9.17) is 0 Å². The lowest BCUT2D eigenvalue weighted by Gasteiger charge is -2.20. The van der Waals surface area contributed by atoms with Crippen molar-refractivity contribution >= 4 is 33.1 Å². The lowest BCUT2D eigenvalue weighted by Crippen LogP contribution is -2.05. The number of hydrogen-bond donors (Lipinski definition) is 1. The average Bonchev–Trinajstić information content (AvgIpc) is 3.59. The molecule has 1 N–H and O–H groups in total. The van der Waals surface area contributed by atoms with Crippen molar-refractivity contribution in [3.63, 3.8) is 0 Å². The van der Waals surface area contributed by atoms with Crippen molar-refractivity contribution in [1.82, 2.24) is 4.57 Å². The van der Waals surface area contributed by atoms with Crippen molar-refractivity contribution in [2.24, 2.45) is 0 Å². The standard InChI is InChI=1S/C37H28FN3/c1-3-4-6-12-25(2)29-16-10-17-31(36(29)40-34-20-9-13-26(34)24-39)33-19-11-18-32-30-22-21-27(38)23-35(30)41(37(32)33)28-14-7-5-8-15-28/h3-8,10-23,40H,2,9H2,1H3/b4-3-,12-6-. The molecule has 6 rings (SSSR count). The Bertz CT molecular complexity index is 1980. The van der Waals surface area contributed by atoms with E-state index in [1.165, 1.54) is 6.07 Å². The van der Waals surface area contributed by atoms with Crippen LogP contribution in [-0.2, 0) is 0 Å². The molecule has 3 nitrogen and oxygen atoms in total. The summed E-state index contributed by atoms with van der Waals surface area (Å²) in [6, 6.07) is 29.7. The molecule has 5 aromatic rings. The number of fused-ring (bicyclic) bond motifs is 3. The average molecular weight is 534 g/mol. The second kappa shape index (κ2) is 11.0. The van der Waals surface area contributed by atoms with E-state index >= 15 is 0 Å². The Morgan fingerprint density at radius 1 is 0.927 bits per heavy atom. The Morgan fingerprint density at radius 2 is 1.73 bits per heavy atom. The van der Waals surface area contributed by atoms with E-state index in [9.17, 15) is 9.65 Å². The Morgan fingerprint density at radius 3 is 2.54 bits per heavy atom. The molecular weight excluding hydrogens is 505 g/mol. The van der Waals surface area contributed by atoms with Gasteiger partial charge in [-0.05, 0) is 49.2 Å². The fourth-order valence-electron chi connectivity index (χ4n) is 5.53. The molecule has 0 saturated heterocycles. The molecule has 0 bridgehead atoms. The summed E-state index contributed by atoms with van der Waals surface area (Å²) in [6.45, 7) is 6.34. The van der Waals surface area contributed by atoms with Gasteiger partial charge in [0.2, 0.25) is 0 Å². The van der Waals surface area contributed by atoms with Gasteiger partial charge in [0.15, 0.2) is 0 Å². The van der Waals surface area contributed by atoms with Gasteiger partial charge in [0.05, 0.1) is 28.0 Å². The molecule has 4 aromatic carbocycles. The second-order valence-electron chi connectivity index (χ2n) is 9.88. The molecule has 1 aliphatic rings. The summed E-state index contributed by atoms with van der Waals surface area (Å²) < 4.78 is 16.8. The molecule has 1 aliphatic carbocycles. The quantitative estimate of drug-likeness (QED) is 0.212. The van der Waals surface area contributed by atoms with Crippen LogP contribution in [0.2, 0.25) is 0 Å². The molecule has 0 fully saturated rings. The number of halogens is 1. The third-order valence-corrected chi connectivity index (χ3v) is 7.38. The number of allylic oxidation sites excluding steroid dienone is 8. The molecule has 0 saturated carbocycles. The number of para-hydroxylation sites is 3. The van der Waals surface area contributed by atoms with E-state index < -0.39 is 0 Å². The summed E-state index contributed by atoms with van der Waals surface area (Å²) >= 11 is 0. The first-order valence-electron chi connectivity index (χ1n) is 13.6. The van der Waals surface area contributed by atoms with Gasteiger partial charge in [0.25, 0.3) is 0 Å². The number of anilines is 1. The Hall–Kier alpha value is -5.40. The van der Waals surface area contributed by atoms with Crippen LogP contribution < -0.4 is 5.32 Å². The van der Waals surface area contributed by atoms with E-state index in [-0.39, 0.29) is 5.82 Å². The maximum atomic E-state index is 14.6. The Kier molecular flexibility index (Phi) is 6.93. The predicted molar refractivity (Wildman–Crippen MR) is 169 cm³/mol. The summed E-state index contributed by atoms with van der Waals surface area (Å²) in [6.07, 6.45) is 12.6. The van der Waals surface area contributed by atoms with Crippen molar-refractivity contribution in [2.75, 3.05) is 5.32 Å². The van der Waals surface area contributed by atoms with Gasteiger partial charge < -0.3 is 9.88 Å². The molecule has 198 valence electrons. The van der Waals surface area contributed by atoms with Crippen molar-refractivity contribution in [2.45, 2.75) is 13.3 Å². The number of nitriles is 1. The molecule has 0 radical (unpaired) electrons. The first kappa shape index (κ1) is 25.9. The van der Waals surface area contributed by atoms with E-state index in [2.05, 4.69) is 40.7 Å². The summed E-state index contributed by atoms with van der Waals surface area (Å²) in [5.74, 6) is -0.281. The zero-order valence-corrected chi connectivity index (χ0v) is 22.7. The number of aromatic nitrogens is 1. The van der Waals surface area contributed by atoms with Gasteiger partial charge in [-0.2, -0.15) is 5.26 Å². The molecule has 4 heteroatoms. The summed E-state index contributed by atoms with van der Waals surface area (Å²) in [5, 5.41) is 15.4. The zero-order chi connectivity index (χ0) is 28.3. The predicted octanol–water partition coefficient (Wildman–Crippen LogP) is 9.88. The van der Waals surface area contributed by atoms with Gasteiger partial charge in [-0.15, -0.1) is 0 Å². The van der Waals surface area contributed by atoms with E-state index in [1.54, 1.807) is 6.07 Å². The maximum Gasteiger partial charge on any atom is 0.125 e. The highest BCUT2D eigenvalue weighted by molar-refractivity contribution is 6.15. The van der Waals surface area contributed by atoms with Crippen LogP contribution in [0, 0.1) is 17.1 Å². The van der Waals surface area contributed by atoms with Crippen LogP contribution >= 0.6 is 0 Å². The first-order valence-corrected chi connectivity index (χ1v) is 13.6. The number of nitrogens with one attached hydrogen (secondary N) is 1. The molecule has 0 aliphatic heterocycles. The molecule has 1 aromatic heterocycles. The highest BCUT2D eigenvalue weighted by Gasteiger charge is 2.21. The molecule has 1 heterocycles. The summed E-state index contributed by atoms with van der Waals surface area (Å²) in [7, 11) is 0. The molecule has 0 amide bonds. The number of hydrogen-bond acceptors (Lipinski definition) is 2. The van der Waals surface area contributed by atoms with Crippen molar-refractivity contribution in [3.05, 3.63) is 151 Å². The van der Waals surface area contributed by atoms with E-state index in [1.807, 2.05) is 98.0 Å². The summed E-state index contributed by atoms with van der Waals surface area (Å²) in [5.41, 5.74) is 8.70. The van der Waals surface area contributed by atoms with E-state index in [0.29, 0.717) is 12.0 Å². The first-order chi connectivity index (χ1) is 20.1. The number of nitrogens with zero attached hydrogens (tertiary/aromatic N) is 2. The van der Waals surface area contributed by atoms with Crippen LogP contribution in [0.1, 0.15) is 18.9 Å².